The molecule has 1 aromatic carbocycles. The molecule has 3 heteroatoms. The van der Waals surface area contributed by atoms with Crippen molar-refractivity contribution in [3.63, 3.8) is 0 Å². The van der Waals surface area contributed by atoms with Gasteiger partial charge in [-0.05, 0) is 43.0 Å². The molecular weight excluding hydrogens is 248 g/mol. The number of aromatic amines is 1. The maximum Gasteiger partial charge on any atom is 0.224 e. The summed E-state index contributed by atoms with van der Waals surface area (Å²) in [5.41, 5.74) is 4.66. The molecule has 0 aliphatic rings. The van der Waals surface area contributed by atoms with Gasteiger partial charge in [-0.15, -0.1) is 0 Å². The fourth-order valence-corrected chi connectivity index (χ4v) is 2.50. The van der Waals surface area contributed by atoms with Crippen molar-refractivity contribution < 1.29 is 4.79 Å². The summed E-state index contributed by atoms with van der Waals surface area (Å²) in [7, 11) is 0. The molecule has 2 N–H and O–H groups in total. The standard InChI is InChI=1S/C17H24N2O/c1-4-6-9-18-17(20)11-14-12(3)19-16-8-7-13(5-2)10-15(14)16/h7-8,10,19H,4-6,9,11H2,1-3H3,(H,18,20). The van der Waals surface area contributed by atoms with Crippen LogP contribution in [0.25, 0.3) is 10.9 Å². The molecule has 1 heterocycles. The van der Waals surface area contributed by atoms with Crippen LogP contribution < -0.4 is 5.32 Å². The van der Waals surface area contributed by atoms with E-state index in [2.05, 4.69) is 42.3 Å². The molecule has 0 atom stereocenters. The highest BCUT2D eigenvalue weighted by molar-refractivity contribution is 5.90. The number of amides is 1. The lowest BCUT2D eigenvalue weighted by Gasteiger charge is -2.05. The third kappa shape index (κ3) is 3.21. The number of unbranched alkanes of at least 4 members (excludes halogenated alkanes) is 1. The Hall–Kier alpha value is -1.77. The summed E-state index contributed by atoms with van der Waals surface area (Å²) in [6.07, 6.45) is 3.62. The lowest BCUT2D eigenvalue weighted by molar-refractivity contribution is -0.120. The van der Waals surface area contributed by atoms with Crippen LogP contribution in [0.5, 0.6) is 0 Å². The van der Waals surface area contributed by atoms with Crippen molar-refractivity contribution in [3.8, 4) is 0 Å². The maximum atomic E-state index is 12.0. The lowest BCUT2D eigenvalue weighted by Crippen LogP contribution is -2.26. The van der Waals surface area contributed by atoms with Gasteiger partial charge in [-0.2, -0.15) is 0 Å². The average Bonchev–Trinajstić information content (AvgIpc) is 2.75. The van der Waals surface area contributed by atoms with Crippen LogP contribution >= 0.6 is 0 Å². The first-order valence-corrected chi connectivity index (χ1v) is 7.52. The second-order valence-corrected chi connectivity index (χ2v) is 5.34. The summed E-state index contributed by atoms with van der Waals surface area (Å²) in [6.45, 7) is 7.09. The second-order valence-electron chi connectivity index (χ2n) is 5.34. The Morgan fingerprint density at radius 3 is 2.80 bits per heavy atom. The molecule has 0 aliphatic carbocycles. The van der Waals surface area contributed by atoms with Crippen LogP contribution in [-0.2, 0) is 17.6 Å². The van der Waals surface area contributed by atoms with Crippen LogP contribution in [0.3, 0.4) is 0 Å². The number of benzene rings is 1. The highest BCUT2D eigenvalue weighted by atomic mass is 16.1. The highest BCUT2D eigenvalue weighted by Crippen LogP contribution is 2.24. The minimum atomic E-state index is 0.115. The van der Waals surface area contributed by atoms with Crippen LogP contribution in [0.2, 0.25) is 0 Å². The molecule has 0 saturated heterocycles. The van der Waals surface area contributed by atoms with Crippen LogP contribution in [0.4, 0.5) is 0 Å². The fourth-order valence-electron chi connectivity index (χ4n) is 2.50. The Labute approximate surface area is 120 Å². The van der Waals surface area contributed by atoms with Gasteiger partial charge in [0.1, 0.15) is 0 Å². The number of rotatable bonds is 6. The molecule has 108 valence electrons. The Morgan fingerprint density at radius 2 is 2.10 bits per heavy atom. The van der Waals surface area contributed by atoms with Crippen LogP contribution in [0.1, 0.15) is 43.5 Å². The molecule has 0 radical (unpaired) electrons. The van der Waals surface area contributed by atoms with Gasteiger partial charge in [-0.1, -0.05) is 26.3 Å². The van der Waals surface area contributed by atoms with Gasteiger partial charge in [-0.25, -0.2) is 0 Å². The van der Waals surface area contributed by atoms with Crippen molar-refractivity contribution in [1.29, 1.82) is 0 Å². The highest BCUT2D eigenvalue weighted by Gasteiger charge is 2.12. The predicted octanol–water partition coefficient (Wildman–Crippen LogP) is 3.50. The Bertz CT molecular complexity index is 598. The van der Waals surface area contributed by atoms with E-state index in [0.29, 0.717) is 6.42 Å². The van der Waals surface area contributed by atoms with E-state index in [1.54, 1.807) is 0 Å². The first-order chi connectivity index (χ1) is 9.65. The van der Waals surface area contributed by atoms with Gasteiger partial charge in [0.2, 0.25) is 5.91 Å². The van der Waals surface area contributed by atoms with Gasteiger partial charge in [0.15, 0.2) is 0 Å². The first-order valence-electron chi connectivity index (χ1n) is 7.52. The Balaban J connectivity index is 2.20. The largest absolute Gasteiger partial charge is 0.358 e. The SMILES string of the molecule is CCCCNC(=O)Cc1c(C)[nH]c2ccc(CC)cc12. The van der Waals surface area contributed by atoms with E-state index in [0.717, 1.165) is 42.6 Å². The molecule has 2 aromatic rings. The van der Waals surface area contributed by atoms with E-state index in [-0.39, 0.29) is 5.91 Å². The van der Waals surface area contributed by atoms with Crippen LogP contribution in [0.15, 0.2) is 18.2 Å². The van der Waals surface area contributed by atoms with Gasteiger partial charge in [0.25, 0.3) is 0 Å². The van der Waals surface area contributed by atoms with Crippen molar-refractivity contribution in [2.24, 2.45) is 0 Å². The molecule has 0 saturated carbocycles. The van der Waals surface area contributed by atoms with E-state index < -0.39 is 0 Å². The van der Waals surface area contributed by atoms with Crippen molar-refractivity contribution in [3.05, 3.63) is 35.0 Å². The number of aromatic nitrogens is 1. The van der Waals surface area contributed by atoms with Gasteiger partial charge in [-0.3, -0.25) is 4.79 Å². The number of fused-ring (bicyclic) bond motifs is 1. The summed E-state index contributed by atoms with van der Waals surface area (Å²) in [6, 6.07) is 6.45. The molecule has 0 bridgehead atoms. The number of nitrogens with one attached hydrogen (secondary N) is 2. The molecule has 20 heavy (non-hydrogen) atoms. The summed E-state index contributed by atoms with van der Waals surface area (Å²) in [5, 5.41) is 4.18. The van der Waals surface area contributed by atoms with Crippen LogP contribution in [-0.4, -0.2) is 17.4 Å². The number of hydrogen-bond donors (Lipinski definition) is 2. The average molecular weight is 272 g/mol. The first kappa shape index (κ1) is 14.6. The van der Waals surface area contributed by atoms with E-state index in [4.69, 9.17) is 0 Å². The lowest BCUT2D eigenvalue weighted by atomic mass is 10.0. The van der Waals surface area contributed by atoms with Gasteiger partial charge < -0.3 is 10.3 Å². The summed E-state index contributed by atoms with van der Waals surface area (Å²) in [4.78, 5) is 15.4. The van der Waals surface area contributed by atoms with Gasteiger partial charge >= 0.3 is 0 Å². The molecule has 0 aliphatic heterocycles. The van der Waals surface area contributed by atoms with E-state index >= 15 is 0 Å². The van der Waals surface area contributed by atoms with Gasteiger partial charge in [0.05, 0.1) is 6.42 Å². The van der Waals surface area contributed by atoms with Gasteiger partial charge in [0, 0.05) is 23.1 Å². The number of hydrogen-bond acceptors (Lipinski definition) is 1. The molecule has 0 unspecified atom stereocenters. The van der Waals surface area contributed by atoms with E-state index in [9.17, 15) is 4.79 Å². The van der Waals surface area contributed by atoms with Crippen molar-refractivity contribution in [2.45, 2.75) is 46.5 Å². The molecule has 3 nitrogen and oxygen atoms in total. The normalized spacial score (nSPS) is 10.9. The minimum Gasteiger partial charge on any atom is -0.358 e. The third-order valence-electron chi connectivity index (χ3n) is 3.78. The quantitative estimate of drug-likeness (QED) is 0.777. The molecule has 0 spiro atoms. The molecule has 1 aromatic heterocycles. The van der Waals surface area contributed by atoms with Crippen LogP contribution in [0, 0.1) is 6.92 Å². The number of aryl methyl sites for hydroxylation is 2. The Morgan fingerprint density at radius 1 is 1.30 bits per heavy atom. The molecule has 0 fully saturated rings. The number of carbonyl (C=O) groups excluding carboxylic acids is 1. The summed E-state index contributed by atoms with van der Waals surface area (Å²) < 4.78 is 0. The summed E-state index contributed by atoms with van der Waals surface area (Å²) in [5.74, 6) is 0.115. The monoisotopic (exact) mass is 272 g/mol. The van der Waals surface area contributed by atoms with Crippen molar-refractivity contribution in [2.75, 3.05) is 6.54 Å². The maximum absolute atomic E-state index is 12.0. The van der Waals surface area contributed by atoms with Crippen molar-refractivity contribution >= 4 is 16.8 Å². The van der Waals surface area contributed by atoms with Crippen molar-refractivity contribution in [1.82, 2.24) is 10.3 Å². The summed E-state index contributed by atoms with van der Waals surface area (Å²) >= 11 is 0. The zero-order valence-corrected chi connectivity index (χ0v) is 12.7. The second kappa shape index (κ2) is 6.60. The Kier molecular flexibility index (Phi) is 4.83. The zero-order chi connectivity index (χ0) is 14.5. The molecular formula is C17H24N2O. The van der Waals surface area contributed by atoms with E-state index in [1.807, 2.05) is 6.92 Å². The van der Waals surface area contributed by atoms with E-state index in [1.165, 1.54) is 10.9 Å². The smallest absolute Gasteiger partial charge is 0.224 e. The molecule has 1 amide bonds. The predicted molar refractivity (Wildman–Crippen MR) is 84.0 cm³/mol. The minimum absolute atomic E-state index is 0.115. The molecule has 2 rings (SSSR count). The zero-order valence-electron chi connectivity index (χ0n) is 12.7. The number of carbonyl (C=O) groups is 1. The topological polar surface area (TPSA) is 44.9 Å². The number of H-pyrrole nitrogens is 1. The fraction of sp³-hybridized carbons (Fsp3) is 0.471. The third-order valence-corrected chi connectivity index (χ3v) is 3.78.